The third kappa shape index (κ3) is 2.08. The predicted molar refractivity (Wildman–Crippen MR) is 40.3 cm³/mol. The molecule has 0 saturated carbocycles. The van der Waals surface area contributed by atoms with Crippen LogP contribution in [0.5, 0.6) is 0 Å². The quantitative estimate of drug-likeness (QED) is 0.564. The van der Waals surface area contributed by atoms with Crippen molar-refractivity contribution in [3.63, 3.8) is 0 Å². The van der Waals surface area contributed by atoms with Gasteiger partial charge in [0.2, 0.25) is 0 Å². The fourth-order valence-electron chi connectivity index (χ4n) is 0.776. The fourth-order valence-corrected chi connectivity index (χ4v) is 0.776. The molecule has 0 radical (unpaired) electrons. The lowest BCUT2D eigenvalue weighted by Gasteiger charge is -1.99. The number of hydrogen-bond donors (Lipinski definition) is 1. The number of anilines is 1. The van der Waals surface area contributed by atoms with Crippen molar-refractivity contribution in [2.75, 3.05) is 5.73 Å². The molecule has 0 spiro atoms. The van der Waals surface area contributed by atoms with Gasteiger partial charge >= 0.3 is 0 Å². The number of nitro groups is 1. The maximum Gasteiger partial charge on any atom is 0.280 e. The van der Waals surface area contributed by atoms with Crippen LogP contribution in [0, 0.1) is 10.1 Å². The molecule has 13 heavy (non-hydrogen) atoms. The van der Waals surface area contributed by atoms with Crippen LogP contribution >= 0.6 is 0 Å². The van der Waals surface area contributed by atoms with Gasteiger partial charge < -0.3 is 5.73 Å². The van der Waals surface area contributed by atoms with E-state index in [1.165, 1.54) is 0 Å². The average molecular weight is 189 g/mol. The minimum Gasteiger partial charge on any atom is -0.383 e. The van der Waals surface area contributed by atoms with Gasteiger partial charge in [0, 0.05) is 6.07 Å². The summed E-state index contributed by atoms with van der Waals surface area (Å²) in [6.07, 6.45) is -2.86. The third-order valence-corrected chi connectivity index (χ3v) is 1.28. The molecule has 1 aromatic rings. The van der Waals surface area contributed by atoms with Crippen LogP contribution in [0.25, 0.3) is 0 Å². The molecule has 0 fully saturated rings. The van der Waals surface area contributed by atoms with E-state index in [4.69, 9.17) is 5.73 Å². The summed E-state index contributed by atoms with van der Waals surface area (Å²) in [4.78, 5) is 12.6. The summed E-state index contributed by atoms with van der Waals surface area (Å²) in [6.45, 7) is 0. The minimum atomic E-state index is -2.86. The van der Waals surface area contributed by atoms with Crippen molar-refractivity contribution < 1.29 is 13.7 Å². The lowest BCUT2D eigenvalue weighted by Crippen LogP contribution is -1.99. The highest BCUT2D eigenvalue weighted by Crippen LogP contribution is 2.22. The molecule has 0 aliphatic rings. The van der Waals surface area contributed by atoms with E-state index < -0.39 is 22.7 Å². The van der Waals surface area contributed by atoms with E-state index in [0.29, 0.717) is 6.07 Å². The zero-order chi connectivity index (χ0) is 10.0. The molecule has 70 valence electrons. The molecule has 0 aromatic carbocycles. The fraction of sp³-hybridized carbons (Fsp3) is 0.167. The van der Waals surface area contributed by atoms with E-state index in [1.54, 1.807) is 0 Å². The Morgan fingerprint density at radius 1 is 1.54 bits per heavy atom. The Morgan fingerprint density at radius 3 is 2.62 bits per heavy atom. The normalized spacial score (nSPS) is 10.4. The Bertz CT molecular complexity index is 343. The number of pyridine rings is 1. The predicted octanol–water partition coefficient (Wildman–Crippen LogP) is 1.51. The first-order valence-electron chi connectivity index (χ1n) is 3.20. The first kappa shape index (κ1) is 9.30. The van der Waals surface area contributed by atoms with Crippen molar-refractivity contribution in [1.82, 2.24) is 4.98 Å². The van der Waals surface area contributed by atoms with Gasteiger partial charge in [-0.15, -0.1) is 0 Å². The first-order valence-corrected chi connectivity index (χ1v) is 3.20. The number of nitrogens with zero attached hydrogens (tertiary/aromatic N) is 2. The van der Waals surface area contributed by atoms with Crippen molar-refractivity contribution in [2.45, 2.75) is 6.43 Å². The van der Waals surface area contributed by atoms with Crippen LogP contribution in [0.3, 0.4) is 0 Å². The van der Waals surface area contributed by atoms with E-state index in [-0.39, 0.29) is 5.82 Å². The Labute approximate surface area is 71.3 Å². The monoisotopic (exact) mass is 189 g/mol. The maximum absolute atomic E-state index is 12.0. The molecule has 0 aliphatic carbocycles. The highest BCUT2D eigenvalue weighted by molar-refractivity contribution is 5.43. The Morgan fingerprint density at radius 2 is 2.15 bits per heavy atom. The summed E-state index contributed by atoms with van der Waals surface area (Å²) in [5.41, 5.74) is 3.91. The molecule has 0 atom stereocenters. The Balaban J connectivity index is 3.19. The van der Waals surface area contributed by atoms with Gasteiger partial charge in [0.25, 0.3) is 12.1 Å². The van der Waals surface area contributed by atoms with Crippen molar-refractivity contribution in [1.29, 1.82) is 0 Å². The molecular weight excluding hydrogens is 184 g/mol. The summed E-state index contributed by atoms with van der Waals surface area (Å²) >= 11 is 0. The van der Waals surface area contributed by atoms with Crippen LogP contribution in [0.15, 0.2) is 12.1 Å². The summed E-state index contributed by atoms with van der Waals surface area (Å²) in [6, 6.07) is 1.62. The van der Waals surface area contributed by atoms with Gasteiger partial charge in [-0.3, -0.25) is 10.1 Å². The number of nitrogen functional groups attached to an aromatic ring is 1. The second kappa shape index (κ2) is 3.30. The van der Waals surface area contributed by atoms with Crippen LogP contribution < -0.4 is 5.73 Å². The summed E-state index contributed by atoms with van der Waals surface area (Å²) < 4.78 is 24.1. The molecule has 0 saturated heterocycles. The number of hydrogen-bond acceptors (Lipinski definition) is 4. The van der Waals surface area contributed by atoms with Crippen molar-refractivity contribution >= 4 is 11.5 Å². The number of alkyl halides is 2. The van der Waals surface area contributed by atoms with Crippen molar-refractivity contribution in [3.05, 3.63) is 27.9 Å². The lowest BCUT2D eigenvalue weighted by atomic mass is 10.3. The maximum atomic E-state index is 12.0. The summed E-state index contributed by atoms with van der Waals surface area (Å²) in [5.74, 6) is -0.287. The largest absolute Gasteiger partial charge is 0.383 e. The zero-order valence-electron chi connectivity index (χ0n) is 6.28. The molecule has 7 heteroatoms. The topological polar surface area (TPSA) is 82.0 Å². The van der Waals surface area contributed by atoms with Gasteiger partial charge in [-0.25, -0.2) is 13.8 Å². The second-order valence-electron chi connectivity index (χ2n) is 2.23. The number of halogens is 2. The molecule has 5 nitrogen and oxygen atoms in total. The third-order valence-electron chi connectivity index (χ3n) is 1.28. The van der Waals surface area contributed by atoms with E-state index >= 15 is 0 Å². The standard InChI is InChI=1S/C6H5F2N3O2/c7-6(8)4-1-3(11(12)13)2-5(9)10-4/h1-2,6H,(H2,9,10). The number of aromatic nitrogens is 1. The van der Waals surface area contributed by atoms with Gasteiger partial charge in [-0.05, 0) is 0 Å². The lowest BCUT2D eigenvalue weighted by molar-refractivity contribution is -0.385. The van der Waals surface area contributed by atoms with Gasteiger partial charge in [0.05, 0.1) is 11.0 Å². The van der Waals surface area contributed by atoms with E-state index in [0.717, 1.165) is 6.07 Å². The van der Waals surface area contributed by atoms with Gasteiger partial charge in [-0.1, -0.05) is 0 Å². The highest BCUT2D eigenvalue weighted by atomic mass is 19.3. The summed E-state index contributed by atoms with van der Waals surface area (Å²) in [7, 11) is 0. The Kier molecular flexibility index (Phi) is 2.36. The molecular formula is C6H5F2N3O2. The van der Waals surface area contributed by atoms with E-state index in [9.17, 15) is 18.9 Å². The van der Waals surface area contributed by atoms with Gasteiger partial charge in [0.15, 0.2) is 0 Å². The van der Waals surface area contributed by atoms with Crippen LogP contribution in [0.1, 0.15) is 12.1 Å². The van der Waals surface area contributed by atoms with E-state index in [2.05, 4.69) is 4.98 Å². The molecule has 1 rings (SSSR count). The van der Waals surface area contributed by atoms with Crippen molar-refractivity contribution in [2.24, 2.45) is 0 Å². The molecule has 0 unspecified atom stereocenters. The zero-order valence-corrected chi connectivity index (χ0v) is 6.28. The molecule has 2 N–H and O–H groups in total. The number of nitrogens with two attached hydrogens (primary N) is 1. The van der Waals surface area contributed by atoms with Crippen LogP contribution in [-0.4, -0.2) is 9.91 Å². The average Bonchev–Trinajstić information content (AvgIpc) is 2.03. The molecule has 1 aromatic heterocycles. The van der Waals surface area contributed by atoms with Gasteiger partial charge in [0.1, 0.15) is 11.5 Å². The highest BCUT2D eigenvalue weighted by Gasteiger charge is 2.15. The smallest absolute Gasteiger partial charge is 0.280 e. The summed E-state index contributed by atoms with van der Waals surface area (Å²) in [5, 5.41) is 10.2. The molecule has 1 heterocycles. The van der Waals surface area contributed by atoms with Crippen LogP contribution in [0.2, 0.25) is 0 Å². The number of rotatable bonds is 2. The molecule has 0 aliphatic heterocycles. The van der Waals surface area contributed by atoms with Crippen LogP contribution in [-0.2, 0) is 0 Å². The first-order chi connectivity index (χ1) is 6.00. The molecule has 0 bridgehead atoms. The second-order valence-corrected chi connectivity index (χ2v) is 2.23. The van der Waals surface area contributed by atoms with Crippen LogP contribution in [0.4, 0.5) is 20.3 Å². The van der Waals surface area contributed by atoms with Gasteiger partial charge in [-0.2, -0.15) is 0 Å². The minimum absolute atomic E-state index is 0.287. The SMILES string of the molecule is Nc1cc([N+](=O)[O-])cc(C(F)F)n1. The van der Waals surface area contributed by atoms with Crippen molar-refractivity contribution in [3.8, 4) is 0 Å². The van der Waals surface area contributed by atoms with E-state index in [1.807, 2.05) is 0 Å². The Hall–Kier alpha value is -1.79. The molecule has 0 amide bonds.